The average molecular weight is 209 g/mol. The molecule has 2 saturated heterocycles. The van der Waals surface area contributed by atoms with Gasteiger partial charge in [-0.1, -0.05) is 18.2 Å². The van der Waals surface area contributed by atoms with Gasteiger partial charge in [-0.25, -0.2) is 4.39 Å². The highest BCUT2D eigenvalue weighted by Gasteiger charge is 2.51. The zero-order valence-electron chi connectivity index (χ0n) is 8.20. The summed E-state index contributed by atoms with van der Waals surface area (Å²) in [6.07, 6.45) is 0. The van der Waals surface area contributed by atoms with Crippen LogP contribution < -0.4 is 5.48 Å². The van der Waals surface area contributed by atoms with E-state index in [1.54, 1.807) is 12.1 Å². The Kier molecular flexibility index (Phi) is 2.02. The first-order chi connectivity index (χ1) is 7.33. The normalized spacial score (nSPS) is 34.3. The summed E-state index contributed by atoms with van der Waals surface area (Å²) < 4.78 is 19.1. The van der Waals surface area contributed by atoms with Crippen molar-refractivity contribution in [3.05, 3.63) is 35.6 Å². The molecule has 3 rings (SSSR count). The molecular weight excluding hydrogens is 197 g/mol. The van der Waals surface area contributed by atoms with E-state index < -0.39 is 5.54 Å². The number of fused-ring (bicyclic) bond motifs is 1. The zero-order chi connectivity index (χ0) is 10.3. The van der Waals surface area contributed by atoms with Gasteiger partial charge in [-0.3, -0.25) is 0 Å². The molecule has 80 valence electrons. The number of hydroxylamine groups is 1. The second-order valence-electron chi connectivity index (χ2n) is 4.08. The highest BCUT2D eigenvalue weighted by atomic mass is 19.1. The molecule has 1 aromatic carbocycles. The van der Waals surface area contributed by atoms with Crippen LogP contribution in [0.5, 0.6) is 0 Å². The summed E-state index contributed by atoms with van der Waals surface area (Å²) in [5.41, 5.74) is 3.09. The van der Waals surface area contributed by atoms with Crippen molar-refractivity contribution < 1.29 is 14.0 Å². The van der Waals surface area contributed by atoms with E-state index in [1.165, 1.54) is 6.07 Å². The van der Waals surface area contributed by atoms with Gasteiger partial charge in [-0.2, -0.15) is 5.48 Å². The number of ether oxygens (including phenoxy) is 1. The van der Waals surface area contributed by atoms with Crippen molar-refractivity contribution in [1.82, 2.24) is 5.48 Å². The van der Waals surface area contributed by atoms with Crippen LogP contribution >= 0.6 is 0 Å². The summed E-state index contributed by atoms with van der Waals surface area (Å²) in [5.74, 6) is 0.000370. The maximum absolute atomic E-state index is 13.7. The van der Waals surface area contributed by atoms with Gasteiger partial charge in [0.05, 0.1) is 19.8 Å². The Labute approximate surface area is 87.1 Å². The van der Waals surface area contributed by atoms with Crippen molar-refractivity contribution in [3.63, 3.8) is 0 Å². The van der Waals surface area contributed by atoms with Crippen molar-refractivity contribution in [1.29, 1.82) is 0 Å². The lowest BCUT2D eigenvalue weighted by molar-refractivity contribution is 0.0242. The molecule has 2 atom stereocenters. The highest BCUT2D eigenvalue weighted by Crippen LogP contribution is 2.40. The largest absolute Gasteiger partial charge is 0.379 e. The number of rotatable bonds is 1. The van der Waals surface area contributed by atoms with E-state index in [0.717, 1.165) is 0 Å². The second kappa shape index (κ2) is 3.27. The van der Waals surface area contributed by atoms with Crippen molar-refractivity contribution in [2.45, 2.75) is 5.54 Å². The van der Waals surface area contributed by atoms with Gasteiger partial charge in [0.1, 0.15) is 11.4 Å². The summed E-state index contributed by atoms with van der Waals surface area (Å²) in [6.45, 7) is 1.67. The molecule has 2 fully saturated rings. The smallest absolute Gasteiger partial charge is 0.128 e. The Hall–Kier alpha value is -0.970. The Morgan fingerprint density at radius 3 is 3.07 bits per heavy atom. The minimum absolute atomic E-state index is 0.203. The van der Waals surface area contributed by atoms with Crippen molar-refractivity contribution in [2.75, 3.05) is 19.8 Å². The number of halogens is 1. The van der Waals surface area contributed by atoms with Crippen LogP contribution in [0.2, 0.25) is 0 Å². The van der Waals surface area contributed by atoms with Crippen LogP contribution in [0, 0.1) is 11.7 Å². The van der Waals surface area contributed by atoms with Gasteiger partial charge in [0.25, 0.3) is 0 Å². The molecule has 0 bridgehead atoms. The molecule has 0 saturated carbocycles. The molecule has 2 aliphatic rings. The molecule has 4 heteroatoms. The number of hydrogen-bond acceptors (Lipinski definition) is 3. The first kappa shape index (κ1) is 9.27. The van der Waals surface area contributed by atoms with Crippen LogP contribution in [0.25, 0.3) is 0 Å². The predicted octanol–water partition coefficient (Wildman–Crippen LogP) is 1.20. The van der Waals surface area contributed by atoms with Crippen molar-refractivity contribution in [3.8, 4) is 0 Å². The zero-order valence-corrected chi connectivity index (χ0v) is 8.20. The molecule has 2 aliphatic heterocycles. The fourth-order valence-corrected chi connectivity index (χ4v) is 2.37. The van der Waals surface area contributed by atoms with Gasteiger partial charge < -0.3 is 9.57 Å². The van der Waals surface area contributed by atoms with Crippen molar-refractivity contribution in [2.24, 2.45) is 5.92 Å². The molecule has 0 aromatic heterocycles. The third kappa shape index (κ3) is 1.22. The lowest BCUT2D eigenvalue weighted by atomic mass is 9.82. The van der Waals surface area contributed by atoms with E-state index in [9.17, 15) is 4.39 Å². The SMILES string of the molecule is Fc1ccccc1[C@]12COC[C@H]1CON2. The summed E-state index contributed by atoms with van der Waals surface area (Å²) in [5, 5.41) is 0. The van der Waals surface area contributed by atoms with E-state index >= 15 is 0 Å². The molecule has 3 nitrogen and oxygen atoms in total. The van der Waals surface area contributed by atoms with Gasteiger partial charge >= 0.3 is 0 Å². The van der Waals surface area contributed by atoms with Gasteiger partial charge in [0, 0.05) is 11.5 Å². The molecule has 0 aliphatic carbocycles. The van der Waals surface area contributed by atoms with Crippen LogP contribution in [0.1, 0.15) is 5.56 Å². The molecule has 0 unspecified atom stereocenters. The molecular formula is C11H12FNO2. The Morgan fingerprint density at radius 2 is 2.20 bits per heavy atom. The van der Waals surface area contributed by atoms with Gasteiger partial charge in [-0.05, 0) is 6.07 Å². The molecule has 15 heavy (non-hydrogen) atoms. The maximum Gasteiger partial charge on any atom is 0.128 e. The van der Waals surface area contributed by atoms with E-state index in [4.69, 9.17) is 9.57 Å². The standard InChI is InChI=1S/C11H12FNO2/c12-10-4-2-1-3-9(10)11-7-14-5-8(11)6-15-13-11/h1-4,8,13H,5-7H2/t8-,11-/m0/s1. The monoisotopic (exact) mass is 209 g/mol. The lowest BCUT2D eigenvalue weighted by Gasteiger charge is -2.26. The maximum atomic E-state index is 13.7. The molecule has 2 heterocycles. The van der Waals surface area contributed by atoms with Crippen molar-refractivity contribution >= 4 is 0 Å². The van der Waals surface area contributed by atoms with Gasteiger partial charge in [0.15, 0.2) is 0 Å². The van der Waals surface area contributed by atoms with E-state index in [2.05, 4.69) is 5.48 Å². The van der Waals surface area contributed by atoms with E-state index in [-0.39, 0.29) is 11.7 Å². The molecule has 0 radical (unpaired) electrons. The predicted molar refractivity (Wildman–Crippen MR) is 51.5 cm³/mol. The highest BCUT2D eigenvalue weighted by molar-refractivity contribution is 5.29. The van der Waals surface area contributed by atoms with E-state index in [1.807, 2.05) is 6.07 Å². The fourth-order valence-electron chi connectivity index (χ4n) is 2.37. The molecule has 0 amide bonds. The van der Waals surface area contributed by atoms with Crippen LogP contribution in [-0.4, -0.2) is 19.8 Å². The first-order valence-corrected chi connectivity index (χ1v) is 5.05. The van der Waals surface area contributed by atoms with Crippen LogP contribution in [0.3, 0.4) is 0 Å². The average Bonchev–Trinajstić information content (AvgIpc) is 2.77. The number of hydrogen-bond donors (Lipinski definition) is 1. The quantitative estimate of drug-likeness (QED) is 0.754. The van der Waals surface area contributed by atoms with Crippen LogP contribution in [0.15, 0.2) is 24.3 Å². The summed E-state index contributed by atoms with van der Waals surface area (Å²) in [4.78, 5) is 5.23. The van der Waals surface area contributed by atoms with Crippen LogP contribution in [0.4, 0.5) is 4.39 Å². The van der Waals surface area contributed by atoms with Gasteiger partial charge in [0.2, 0.25) is 0 Å². The Balaban J connectivity index is 2.08. The second-order valence-corrected chi connectivity index (χ2v) is 4.08. The molecule has 1 N–H and O–H groups in total. The summed E-state index contributed by atoms with van der Waals surface area (Å²) in [7, 11) is 0. The molecule has 1 aromatic rings. The summed E-state index contributed by atoms with van der Waals surface area (Å²) in [6, 6.07) is 6.79. The Bertz CT molecular complexity index is 373. The minimum Gasteiger partial charge on any atom is -0.379 e. The number of benzene rings is 1. The minimum atomic E-state index is -0.481. The fraction of sp³-hybridized carbons (Fsp3) is 0.455. The first-order valence-electron chi connectivity index (χ1n) is 5.05. The lowest BCUT2D eigenvalue weighted by Crippen LogP contribution is -2.42. The van der Waals surface area contributed by atoms with E-state index in [0.29, 0.717) is 25.4 Å². The van der Waals surface area contributed by atoms with Gasteiger partial charge in [-0.15, -0.1) is 0 Å². The topological polar surface area (TPSA) is 30.5 Å². The Morgan fingerprint density at radius 1 is 1.33 bits per heavy atom. The number of nitrogens with one attached hydrogen (secondary N) is 1. The summed E-state index contributed by atoms with van der Waals surface area (Å²) >= 11 is 0. The van der Waals surface area contributed by atoms with Crippen LogP contribution in [-0.2, 0) is 15.1 Å². The third-order valence-electron chi connectivity index (χ3n) is 3.24. The third-order valence-corrected chi connectivity index (χ3v) is 3.24. The molecule has 0 spiro atoms.